The van der Waals surface area contributed by atoms with E-state index in [1.165, 1.54) is 37.5 Å². The lowest BCUT2D eigenvalue weighted by Gasteiger charge is -2.41. The number of anilines is 1. The molecule has 2 heterocycles. The number of halogens is 1. The van der Waals surface area contributed by atoms with Crippen LogP contribution < -0.4 is 10.9 Å². The third-order valence-corrected chi connectivity index (χ3v) is 5.86. The van der Waals surface area contributed by atoms with Gasteiger partial charge < -0.3 is 9.73 Å². The van der Waals surface area contributed by atoms with E-state index in [1.807, 2.05) is 12.1 Å². The van der Waals surface area contributed by atoms with Gasteiger partial charge in [0, 0.05) is 22.0 Å². The van der Waals surface area contributed by atoms with Crippen LogP contribution in [0.2, 0.25) is 0 Å². The average molecular weight is 349 g/mol. The predicted octanol–water partition coefficient (Wildman–Crippen LogP) is 5.62. The van der Waals surface area contributed by atoms with E-state index in [-0.39, 0.29) is 17.0 Å². The van der Waals surface area contributed by atoms with Gasteiger partial charge in [0.15, 0.2) is 0 Å². The third-order valence-electron chi connectivity index (χ3n) is 5.86. The first-order valence-corrected chi connectivity index (χ1v) is 9.23. The molecule has 0 bridgehead atoms. The van der Waals surface area contributed by atoms with Crippen LogP contribution >= 0.6 is 0 Å². The standard InChI is InChI=1S/C22H20FNO2/c1-13-12-22(9-3-2-4-10-22)24-17-7-6-15-16-11-14(23)5-8-18(16)26-21(25)20(15)19(13)17/h5-8,11-12,24H,2-4,9-10H2,1H3. The van der Waals surface area contributed by atoms with E-state index in [9.17, 15) is 9.18 Å². The molecule has 3 aromatic rings. The third kappa shape index (κ3) is 2.21. The van der Waals surface area contributed by atoms with Crippen LogP contribution in [0, 0.1) is 5.82 Å². The largest absolute Gasteiger partial charge is 0.422 e. The Bertz CT molecular complexity index is 1140. The normalized spacial score (nSPS) is 18.6. The summed E-state index contributed by atoms with van der Waals surface area (Å²) < 4.78 is 19.3. The maximum Gasteiger partial charge on any atom is 0.344 e. The molecular formula is C22H20FNO2. The van der Waals surface area contributed by atoms with Crippen molar-refractivity contribution in [3.8, 4) is 0 Å². The SMILES string of the molecule is CC1=CC2(CCCCC2)Nc2ccc3c(c21)c(=O)oc1ccc(F)cc13. The summed E-state index contributed by atoms with van der Waals surface area (Å²) in [5.41, 5.74) is 2.99. The molecule has 0 unspecified atom stereocenters. The lowest BCUT2D eigenvalue weighted by atomic mass is 9.77. The fourth-order valence-corrected chi connectivity index (χ4v) is 4.75. The number of hydrogen-bond donors (Lipinski definition) is 1. The number of allylic oxidation sites excluding steroid dienone is 1. The Hall–Kier alpha value is -2.62. The van der Waals surface area contributed by atoms with Crippen molar-refractivity contribution in [2.24, 2.45) is 0 Å². The molecule has 0 amide bonds. The van der Waals surface area contributed by atoms with Crippen LogP contribution in [0.1, 0.15) is 44.6 Å². The number of fused-ring (bicyclic) bond motifs is 5. The molecule has 2 aliphatic rings. The topological polar surface area (TPSA) is 42.2 Å². The van der Waals surface area contributed by atoms with Crippen molar-refractivity contribution < 1.29 is 8.81 Å². The summed E-state index contributed by atoms with van der Waals surface area (Å²) in [5, 5.41) is 5.60. The molecule has 0 radical (unpaired) electrons. The summed E-state index contributed by atoms with van der Waals surface area (Å²) in [6.07, 6.45) is 8.21. The Morgan fingerprint density at radius 2 is 1.88 bits per heavy atom. The number of hydrogen-bond acceptors (Lipinski definition) is 3. The summed E-state index contributed by atoms with van der Waals surface area (Å²) in [5.74, 6) is -0.336. The monoisotopic (exact) mass is 349 g/mol. The minimum Gasteiger partial charge on any atom is -0.422 e. The van der Waals surface area contributed by atoms with Gasteiger partial charge in [0.25, 0.3) is 0 Å². The van der Waals surface area contributed by atoms with Crippen LogP contribution in [-0.2, 0) is 0 Å². The van der Waals surface area contributed by atoms with E-state index in [0.717, 1.165) is 35.1 Å². The molecule has 1 saturated carbocycles. The minimum atomic E-state index is -0.370. The van der Waals surface area contributed by atoms with E-state index < -0.39 is 0 Å². The Balaban J connectivity index is 1.82. The first-order chi connectivity index (χ1) is 12.6. The molecule has 26 heavy (non-hydrogen) atoms. The highest BCUT2D eigenvalue weighted by Gasteiger charge is 2.34. The van der Waals surface area contributed by atoms with Crippen molar-refractivity contribution in [1.29, 1.82) is 0 Å². The summed E-state index contributed by atoms with van der Waals surface area (Å²) >= 11 is 0. The quantitative estimate of drug-likeness (QED) is 0.423. The maximum absolute atomic E-state index is 13.8. The first kappa shape index (κ1) is 15.6. The molecule has 3 nitrogen and oxygen atoms in total. The zero-order valence-electron chi connectivity index (χ0n) is 14.7. The summed E-state index contributed by atoms with van der Waals surface area (Å²) in [4.78, 5) is 12.7. The van der Waals surface area contributed by atoms with Gasteiger partial charge in [-0.25, -0.2) is 9.18 Å². The van der Waals surface area contributed by atoms with Gasteiger partial charge in [0.1, 0.15) is 11.4 Å². The number of nitrogens with one attached hydrogen (secondary N) is 1. The van der Waals surface area contributed by atoms with Crippen molar-refractivity contribution >= 4 is 33.0 Å². The van der Waals surface area contributed by atoms with E-state index in [4.69, 9.17) is 4.42 Å². The Morgan fingerprint density at radius 1 is 1.08 bits per heavy atom. The zero-order valence-corrected chi connectivity index (χ0v) is 14.7. The first-order valence-electron chi connectivity index (χ1n) is 9.23. The van der Waals surface area contributed by atoms with Crippen molar-refractivity contribution in [1.82, 2.24) is 0 Å². The highest BCUT2D eigenvalue weighted by Crippen LogP contribution is 2.43. The zero-order chi connectivity index (χ0) is 17.9. The summed E-state index contributed by atoms with van der Waals surface area (Å²) in [7, 11) is 0. The molecule has 0 atom stereocenters. The van der Waals surface area contributed by atoms with Crippen LogP contribution in [0.5, 0.6) is 0 Å². The van der Waals surface area contributed by atoms with Gasteiger partial charge in [-0.3, -0.25) is 0 Å². The minimum absolute atomic E-state index is 0.00778. The lowest BCUT2D eigenvalue weighted by Crippen LogP contribution is -2.40. The highest BCUT2D eigenvalue weighted by atomic mass is 19.1. The molecule has 1 aromatic heterocycles. The van der Waals surface area contributed by atoms with E-state index in [1.54, 1.807) is 0 Å². The van der Waals surface area contributed by atoms with Crippen LogP contribution in [0.25, 0.3) is 27.3 Å². The van der Waals surface area contributed by atoms with Gasteiger partial charge in [-0.05, 0) is 49.6 Å². The molecular weight excluding hydrogens is 329 g/mol. The van der Waals surface area contributed by atoms with Crippen molar-refractivity contribution in [3.63, 3.8) is 0 Å². The molecule has 1 fully saturated rings. The molecule has 0 saturated heterocycles. The van der Waals surface area contributed by atoms with Crippen LogP contribution in [0.4, 0.5) is 10.1 Å². The molecule has 1 aliphatic carbocycles. The second-order valence-electron chi connectivity index (χ2n) is 7.61. The highest BCUT2D eigenvalue weighted by molar-refractivity contribution is 6.10. The molecule has 1 spiro atoms. The summed E-state index contributed by atoms with van der Waals surface area (Å²) in [6.45, 7) is 2.06. The molecule has 1 N–H and O–H groups in total. The van der Waals surface area contributed by atoms with Gasteiger partial charge in [0.05, 0.1) is 10.9 Å². The maximum atomic E-state index is 13.8. The van der Waals surface area contributed by atoms with Crippen molar-refractivity contribution in [2.45, 2.75) is 44.6 Å². The van der Waals surface area contributed by atoms with Crippen molar-refractivity contribution in [3.05, 3.63) is 58.2 Å². The molecule has 1 aliphatic heterocycles. The predicted molar refractivity (Wildman–Crippen MR) is 103 cm³/mol. The van der Waals surface area contributed by atoms with Gasteiger partial charge >= 0.3 is 5.63 Å². The van der Waals surface area contributed by atoms with E-state index in [0.29, 0.717) is 16.4 Å². The molecule has 4 heteroatoms. The summed E-state index contributed by atoms with van der Waals surface area (Å²) in [6, 6.07) is 8.20. The van der Waals surface area contributed by atoms with Gasteiger partial charge in [0.2, 0.25) is 0 Å². The van der Waals surface area contributed by atoms with E-state index in [2.05, 4.69) is 18.3 Å². The average Bonchev–Trinajstić information content (AvgIpc) is 2.62. The van der Waals surface area contributed by atoms with E-state index >= 15 is 0 Å². The fraction of sp³-hybridized carbons (Fsp3) is 0.318. The number of benzene rings is 2. The molecule has 132 valence electrons. The van der Waals surface area contributed by atoms with Gasteiger partial charge in [-0.2, -0.15) is 0 Å². The van der Waals surface area contributed by atoms with Crippen molar-refractivity contribution in [2.75, 3.05) is 5.32 Å². The van der Waals surface area contributed by atoms with Gasteiger partial charge in [-0.15, -0.1) is 0 Å². The Morgan fingerprint density at radius 3 is 2.69 bits per heavy atom. The van der Waals surface area contributed by atoms with Gasteiger partial charge in [-0.1, -0.05) is 31.4 Å². The second-order valence-corrected chi connectivity index (χ2v) is 7.61. The van der Waals surface area contributed by atoms with Crippen LogP contribution in [0.15, 0.2) is 45.6 Å². The smallest absolute Gasteiger partial charge is 0.344 e. The number of rotatable bonds is 0. The lowest BCUT2D eigenvalue weighted by molar-refractivity contribution is 0.383. The fourth-order valence-electron chi connectivity index (χ4n) is 4.75. The second kappa shape index (κ2) is 5.44. The van der Waals surface area contributed by atoms with Crippen LogP contribution in [0.3, 0.4) is 0 Å². The van der Waals surface area contributed by atoms with Crippen LogP contribution in [-0.4, -0.2) is 5.54 Å². The Labute approximate surface area is 150 Å². The Kier molecular flexibility index (Phi) is 3.27. The molecule has 5 rings (SSSR count). The molecule has 2 aromatic carbocycles.